The number of fused-ring (bicyclic) bond motifs is 7. The molecule has 6 nitrogen and oxygen atoms in total. The topological polar surface area (TPSA) is 96.2 Å². The molecule has 4 saturated carbocycles. The maximum absolute atomic E-state index is 13.5. The molecule has 10 atom stereocenters. The van der Waals surface area contributed by atoms with Crippen molar-refractivity contribution in [3.8, 4) is 11.5 Å². The van der Waals surface area contributed by atoms with Gasteiger partial charge >= 0.3 is 5.97 Å². The number of esters is 1. The third kappa shape index (κ3) is 4.82. The maximum atomic E-state index is 13.5. The first kappa shape index (κ1) is 33.6. The minimum Gasteiger partial charge on any atom is -0.504 e. The number of aliphatic hydroxyl groups excluding tert-OH is 2. The highest BCUT2D eigenvalue weighted by Gasteiger charge is 2.70. The first-order chi connectivity index (χ1) is 21.7. The Morgan fingerprint density at radius 3 is 2.48 bits per heavy atom. The number of methoxy groups -OCH3 is 1. The molecule has 0 bridgehead atoms. The predicted octanol–water partition coefficient (Wildman–Crippen LogP) is 7.95. The van der Waals surface area contributed by atoms with Gasteiger partial charge in [0.25, 0.3) is 0 Å². The lowest BCUT2D eigenvalue weighted by atomic mass is 9.33. The van der Waals surface area contributed by atoms with Gasteiger partial charge in [-0.25, -0.2) is 4.79 Å². The largest absolute Gasteiger partial charge is 0.504 e. The number of aromatic hydroxyl groups is 1. The summed E-state index contributed by atoms with van der Waals surface area (Å²) in [7, 11) is 1.51. The quantitative estimate of drug-likeness (QED) is 0.167. The molecule has 46 heavy (non-hydrogen) atoms. The van der Waals surface area contributed by atoms with Crippen LogP contribution in [0.25, 0.3) is 6.08 Å². The fourth-order valence-corrected chi connectivity index (χ4v) is 12.2. The van der Waals surface area contributed by atoms with Crippen LogP contribution in [0.1, 0.15) is 105 Å². The highest BCUT2D eigenvalue weighted by atomic mass is 16.5. The minimum absolute atomic E-state index is 0.0579. The smallest absolute Gasteiger partial charge is 0.330 e. The first-order valence-electron chi connectivity index (χ1n) is 17.9. The van der Waals surface area contributed by atoms with E-state index in [1.165, 1.54) is 18.8 Å². The molecule has 0 unspecified atom stereocenters. The molecule has 0 aliphatic heterocycles. The average molecular weight is 635 g/mol. The number of aliphatic hydroxyl groups is 2. The SMILES string of the molecule is COc1cc(/C=C/C(=O)OC[C@@]23CC[C@@]4(CO)CC[C@@H](C)[C@H](C)[C@H]4C2=CC[C@@H]2[C@@]4(C)CC[C@H](O)C(C)(C)[C@@H]4CC[C@]23C)ccc1O. The molecule has 4 fully saturated rings. The van der Waals surface area contributed by atoms with Gasteiger partial charge in [0.1, 0.15) is 6.61 Å². The van der Waals surface area contributed by atoms with Crippen molar-refractivity contribution in [1.82, 2.24) is 0 Å². The fourth-order valence-electron chi connectivity index (χ4n) is 12.2. The number of benzene rings is 1. The standard InChI is InChI=1S/C40H58O6/c1-25-14-19-39(23-41)20-21-40(24-46-34(44)13-9-27-8-11-29(42)30(22-27)45-7)28(35(39)26(25)2)10-12-32-37(5)17-16-33(43)36(3,4)31(37)15-18-38(32,40)6/h8-11,13,22,25-26,31-33,35,41-43H,12,14-21,23-24H2,1-7H3/b13-9+/t25-,26+,31+,32-,33+,35+,37+,38-,39-,40+/m1/s1. The van der Waals surface area contributed by atoms with Crippen molar-refractivity contribution in [3.63, 3.8) is 0 Å². The van der Waals surface area contributed by atoms with E-state index in [0.717, 1.165) is 63.4 Å². The Morgan fingerprint density at radius 2 is 1.76 bits per heavy atom. The second-order valence-corrected chi connectivity index (χ2v) is 17.2. The molecule has 0 heterocycles. The molecule has 5 aliphatic rings. The van der Waals surface area contributed by atoms with Gasteiger partial charge < -0.3 is 24.8 Å². The highest BCUT2D eigenvalue weighted by molar-refractivity contribution is 5.87. The van der Waals surface area contributed by atoms with Gasteiger partial charge in [-0.2, -0.15) is 0 Å². The van der Waals surface area contributed by atoms with Crippen LogP contribution in [0.15, 0.2) is 35.9 Å². The predicted molar refractivity (Wildman–Crippen MR) is 181 cm³/mol. The van der Waals surface area contributed by atoms with E-state index in [2.05, 4.69) is 47.6 Å². The summed E-state index contributed by atoms with van der Waals surface area (Å²) in [5.41, 5.74) is 1.68. The molecule has 0 saturated heterocycles. The fraction of sp³-hybridized carbons (Fsp3) is 0.725. The van der Waals surface area contributed by atoms with Crippen LogP contribution in [0.5, 0.6) is 11.5 Å². The number of ether oxygens (including phenoxy) is 2. The number of phenols is 1. The van der Waals surface area contributed by atoms with E-state index in [9.17, 15) is 20.1 Å². The second kappa shape index (κ2) is 11.7. The van der Waals surface area contributed by atoms with Gasteiger partial charge in [0.2, 0.25) is 0 Å². The van der Waals surface area contributed by atoms with Crippen molar-refractivity contribution in [2.45, 2.75) is 105 Å². The zero-order chi connectivity index (χ0) is 33.3. The number of phenolic OH excluding ortho intramolecular Hbond substituents is 1. The molecule has 0 amide bonds. The Kier molecular flexibility index (Phi) is 8.53. The van der Waals surface area contributed by atoms with Gasteiger partial charge in [-0.15, -0.1) is 0 Å². The Bertz CT molecular complexity index is 1400. The van der Waals surface area contributed by atoms with Crippen LogP contribution in [0.2, 0.25) is 0 Å². The summed E-state index contributed by atoms with van der Waals surface area (Å²) >= 11 is 0. The Hall–Kier alpha value is -2.31. The number of allylic oxidation sites excluding steroid dienone is 1. The lowest BCUT2D eigenvalue weighted by Gasteiger charge is -2.71. The van der Waals surface area contributed by atoms with Gasteiger partial charge in [0.15, 0.2) is 11.5 Å². The second-order valence-electron chi connectivity index (χ2n) is 17.2. The van der Waals surface area contributed by atoms with E-state index in [-0.39, 0.29) is 57.4 Å². The monoisotopic (exact) mass is 634 g/mol. The molecular formula is C40H58O6. The van der Waals surface area contributed by atoms with Gasteiger partial charge in [-0.1, -0.05) is 59.3 Å². The molecule has 0 aromatic heterocycles. The number of hydrogen-bond donors (Lipinski definition) is 3. The molecule has 5 aliphatic carbocycles. The van der Waals surface area contributed by atoms with Gasteiger partial charge in [0, 0.05) is 23.5 Å². The van der Waals surface area contributed by atoms with Crippen molar-refractivity contribution in [2.75, 3.05) is 20.3 Å². The summed E-state index contributed by atoms with van der Waals surface area (Å²) in [5, 5.41) is 32.1. The van der Waals surface area contributed by atoms with Crippen molar-refractivity contribution >= 4 is 12.0 Å². The van der Waals surface area contributed by atoms with E-state index in [0.29, 0.717) is 36.0 Å². The maximum Gasteiger partial charge on any atom is 0.330 e. The lowest BCUT2D eigenvalue weighted by Crippen LogP contribution is -2.66. The third-order valence-electron chi connectivity index (χ3n) is 15.2. The molecule has 1 aromatic rings. The van der Waals surface area contributed by atoms with E-state index in [4.69, 9.17) is 9.47 Å². The van der Waals surface area contributed by atoms with Crippen LogP contribution < -0.4 is 4.74 Å². The Morgan fingerprint density at radius 1 is 1.00 bits per heavy atom. The molecule has 0 spiro atoms. The molecule has 6 rings (SSSR count). The highest BCUT2D eigenvalue weighted by Crippen LogP contribution is 2.75. The summed E-state index contributed by atoms with van der Waals surface area (Å²) < 4.78 is 11.6. The summed E-state index contributed by atoms with van der Waals surface area (Å²) in [4.78, 5) is 13.5. The van der Waals surface area contributed by atoms with E-state index < -0.39 is 0 Å². The Labute approximate surface area is 276 Å². The van der Waals surface area contributed by atoms with E-state index in [1.54, 1.807) is 24.3 Å². The van der Waals surface area contributed by atoms with E-state index in [1.807, 2.05) is 0 Å². The van der Waals surface area contributed by atoms with Crippen molar-refractivity contribution in [1.29, 1.82) is 0 Å². The minimum atomic E-state index is -0.364. The van der Waals surface area contributed by atoms with Crippen LogP contribution in [0.4, 0.5) is 0 Å². The molecule has 254 valence electrons. The van der Waals surface area contributed by atoms with Crippen LogP contribution in [0, 0.1) is 56.7 Å². The summed E-state index contributed by atoms with van der Waals surface area (Å²) in [6.07, 6.45) is 14.6. The van der Waals surface area contributed by atoms with E-state index >= 15 is 0 Å². The van der Waals surface area contributed by atoms with Crippen LogP contribution in [0.3, 0.4) is 0 Å². The Balaban J connectivity index is 1.38. The number of rotatable bonds is 6. The molecular weight excluding hydrogens is 576 g/mol. The number of hydrogen-bond acceptors (Lipinski definition) is 6. The molecule has 6 heteroatoms. The first-order valence-corrected chi connectivity index (χ1v) is 17.9. The average Bonchev–Trinajstić information content (AvgIpc) is 3.03. The van der Waals surface area contributed by atoms with Crippen molar-refractivity contribution < 1.29 is 29.6 Å². The zero-order valence-electron chi connectivity index (χ0n) is 29.3. The third-order valence-corrected chi connectivity index (χ3v) is 15.2. The van der Waals surface area contributed by atoms with Crippen LogP contribution in [-0.2, 0) is 9.53 Å². The molecule has 3 N–H and O–H groups in total. The van der Waals surface area contributed by atoms with Crippen LogP contribution >= 0.6 is 0 Å². The van der Waals surface area contributed by atoms with Gasteiger partial charge in [-0.3, -0.25) is 0 Å². The zero-order valence-corrected chi connectivity index (χ0v) is 29.3. The normalized spacial score (nSPS) is 43.0. The number of carbonyl (C=O) groups excluding carboxylic acids is 1. The lowest BCUT2D eigenvalue weighted by molar-refractivity contribution is -0.217. The summed E-state index contributed by atoms with van der Waals surface area (Å²) in [6, 6.07) is 5.01. The molecule has 1 aromatic carbocycles. The van der Waals surface area contributed by atoms with Crippen molar-refractivity contribution in [2.24, 2.45) is 56.7 Å². The van der Waals surface area contributed by atoms with Gasteiger partial charge in [0.05, 0.1) is 13.2 Å². The summed E-state index contributed by atoms with van der Waals surface area (Å²) in [6.45, 7) is 14.9. The van der Waals surface area contributed by atoms with Crippen LogP contribution in [-0.4, -0.2) is 47.7 Å². The summed E-state index contributed by atoms with van der Waals surface area (Å²) in [5.74, 6) is 2.22. The number of carbonyl (C=O) groups is 1. The molecule has 0 radical (unpaired) electrons. The van der Waals surface area contributed by atoms with Crippen molar-refractivity contribution in [3.05, 3.63) is 41.5 Å². The van der Waals surface area contributed by atoms with Gasteiger partial charge in [-0.05, 0) is 127 Å².